The molecule has 1 aromatic rings. The fraction of sp³-hybridized carbons (Fsp3) is 0.417. The first kappa shape index (κ1) is 13.8. The monoisotopic (exact) mass is 257 g/mol. The van der Waals surface area contributed by atoms with E-state index in [2.05, 4.69) is 5.32 Å². The van der Waals surface area contributed by atoms with Crippen LogP contribution in [0.2, 0.25) is 5.02 Å². The van der Waals surface area contributed by atoms with E-state index in [1.807, 2.05) is 6.92 Å². The Labute approximate surface area is 106 Å². The van der Waals surface area contributed by atoms with Crippen LogP contribution in [0.25, 0.3) is 0 Å². The minimum atomic E-state index is -0.306. The van der Waals surface area contributed by atoms with Crippen LogP contribution >= 0.6 is 11.6 Å². The smallest absolute Gasteiger partial charge is 0.325 e. The lowest BCUT2D eigenvalue weighted by Crippen LogP contribution is -2.19. The quantitative estimate of drug-likeness (QED) is 0.602. The molecule has 0 atom stereocenters. The summed E-state index contributed by atoms with van der Waals surface area (Å²) in [6, 6.07) is 7.11. The Bertz CT molecular complexity index is 340. The van der Waals surface area contributed by atoms with E-state index in [1.165, 1.54) is 0 Å². The maximum absolute atomic E-state index is 11.3. The van der Waals surface area contributed by atoms with Gasteiger partial charge < -0.3 is 14.8 Å². The van der Waals surface area contributed by atoms with Crippen molar-refractivity contribution in [3.63, 3.8) is 0 Å². The summed E-state index contributed by atoms with van der Waals surface area (Å²) in [7, 11) is 0. The van der Waals surface area contributed by atoms with E-state index in [1.54, 1.807) is 24.3 Å². The molecule has 0 unspecified atom stereocenters. The van der Waals surface area contributed by atoms with Crippen LogP contribution in [0.5, 0.6) is 0 Å². The van der Waals surface area contributed by atoms with Crippen LogP contribution in [0.1, 0.15) is 6.92 Å². The van der Waals surface area contributed by atoms with Gasteiger partial charge >= 0.3 is 5.97 Å². The first-order valence-corrected chi connectivity index (χ1v) is 5.83. The Morgan fingerprint density at radius 1 is 1.29 bits per heavy atom. The van der Waals surface area contributed by atoms with E-state index >= 15 is 0 Å². The summed E-state index contributed by atoms with van der Waals surface area (Å²) in [5, 5.41) is 3.60. The molecule has 0 radical (unpaired) electrons. The van der Waals surface area contributed by atoms with E-state index in [0.717, 1.165) is 5.69 Å². The van der Waals surface area contributed by atoms with Gasteiger partial charge in [-0.25, -0.2) is 0 Å². The Hall–Kier alpha value is -1.26. The maximum Gasteiger partial charge on any atom is 0.325 e. The molecule has 0 aliphatic carbocycles. The molecule has 0 amide bonds. The van der Waals surface area contributed by atoms with Crippen LogP contribution in [0, 0.1) is 0 Å². The van der Waals surface area contributed by atoms with Gasteiger partial charge in [-0.15, -0.1) is 0 Å². The second kappa shape index (κ2) is 7.92. The van der Waals surface area contributed by atoms with Gasteiger partial charge in [-0.05, 0) is 31.2 Å². The van der Waals surface area contributed by atoms with Crippen LogP contribution in [-0.2, 0) is 14.3 Å². The summed E-state index contributed by atoms with van der Waals surface area (Å²) in [6.07, 6.45) is 0. The van der Waals surface area contributed by atoms with Crippen molar-refractivity contribution in [3.05, 3.63) is 29.3 Å². The number of benzene rings is 1. The van der Waals surface area contributed by atoms with E-state index in [9.17, 15) is 4.79 Å². The third kappa shape index (κ3) is 6.14. The minimum Gasteiger partial charge on any atom is -0.462 e. The Morgan fingerprint density at radius 2 is 2.00 bits per heavy atom. The molecule has 0 saturated carbocycles. The summed E-state index contributed by atoms with van der Waals surface area (Å²) in [4.78, 5) is 11.3. The van der Waals surface area contributed by atoms with Crippen LogP contribution < -0.4 is 5.32 Å². The molecule has 0 spiro atoms. The topological polar surface area (TPSA) is 47.6 Å². The minimum absolute atomic E-state index is 0.133. The number of esters is 1. The fourth-order valence-corrected chi connectivity index (χ4v) is 1.28. The summed E-state index contributed by atoms with van der Waals surface area (Å²) in [5.41, 5.74) is 0.830. The van der Waals surface area contributed by atoms with Gasteiger partial charge in [-0.1, -0.05) is 11.6 Å². The number of ether oxygens (including phenoxy) is 2. The van der Waals surface area contributed by atoms with Gasteiger partial charge in [0.1, 0.15) is 13.2 Å². The molecule has 0 bridgehead atoms. The van der Waals surface area contributed by atoms with Gasteiger partial charge in [0.25, 0.3) is 0 Å². The molecule has 0 aromatic heterocycles. The number of nitrogens with one attached hydrogen (secondary N) is 1. The molecule has 1 N–H and O–H groups in total. The highest BCUT2D eigenvalue weighted by atomic mass is 35.5. The third-order valence-electron chi connectivity index (χ3n) is 1.98. The molecule has 0 heterocycles. The summed E-state index contributed by atoms with van der Waals surface area (Å²) in [5.74, 6) is -0.306. The lowest BCUT2D eigenvalue weighted by molar-refractivity contribution is -0.142. The van der Waals surface area contributed by atoms with Gasteiger partial charge in [-0.3, -0.25) is 4.79 Å². The van der Waals surface area contributed by atoms with E-state index in [4.69, 9.17) is 21.1 Å². The zero-order valence-corrected chi connectivity index (χ0v) is 10.5. The normalized spacial score (nSPS) is 10.0. The lowest BCUT2D eigenvalue weighted by Gasteiger charge is -2.07. The van der Waals surface area contributed by atoms with Gasteiger partial charge in [0.15, 0.2) is 0 Å². The zero-order chi connectivity index (χ0) is 12.5. The molecule has 17 heavy (non-hydrogen) atoms. The van der Waals surface area contributed by atoms with Crippen molar-refractivity contribution in [1.82, 2.24) is 0 Å². The van der Waals surface area contributed by atoms with Crippen molar-refractivity contribution in [1.29, 1.82) is 0 Å². The molecule has 0 fully saturated rings. The number of hydrogen-bond donors (Lipinski definition) is 1. The molecule has 5 heteroatoms. The van der Waals surface area contributed by atoms with Crippen molar-refractivity contribution < 1.29 is 14.3 Å². The molecule has 1 aromatic carbocycles. The average molecular weight is 258 g/mol. The molecule has 94 valence electrons. The second-order valence-corrected chi connectivity index (χ2v) is 3.71. The summed E-state index contributed by atoms with van der Waals surface area (Å²) >= 11 is 5.74. The zero-order valence-electron chi connectivity index (χ0n) is 9.74. The van der Waals surface area contributed by atoms with E-state index in [-0.39, 0.29) is 19.1 Å². The molecule has 0 saturated heterocycles. The van der Waals surface area contributed by atoms with Gasteiger partial charge in [-0.2, -0.15) is 0 Å². The average Bonchev–Trinajstić information content (AvgIpc) is 2.34. The fourth-order valence-electron chi connectivity index (χ4n) is 1.15. The first-order chi connectivity index (χ1) is 8.22. The van der Waals surface area contributed by atoms with Crippen molar-refractivity contribution in [2.75, 3.05) is 31.7 Å². The van der Waals surface area contributed by atoms with E-state index < -0.39 is 0 Å². The van der Waals surface area contributed by atoms with Crippen molar-refractivity contribution in [2.45, 2.75) is 6.92 Å². The highest BCUT2D eigenvalue weighted by Gasteiger charge is 2.02. The molecule has 0 aliphatic rings. The number of rotatable bonds is 7. The second-order valence-electron chi connectivity index (χ2n) is 3.28. The van der Waals surface area contributed by atoms with Crippen LogP contribution in [0.3, 0.4) is 0 Å². The van der Waals surface area contributed by atoms with Crippen molar-refractivity contribution in [3.8, 4) is 0 Å². The lowest BCUT2D eigenvalue weighted by atomic mass is 10.3. The number of carbonyl (C=O) groups is 1. The standard InChI is InChI=1S/C12H16ClNO3/c1-2-16-7-8-17-12(15)9-14-11-5-3-10(13)4-6-11/h3-6,14H,2,7-9H2,1H3. The number of carbonyl (C=O) groups excluding carboxylic acids is 1. The third-order valence-corrected chi connectivity index (χ3v) is 2.23. The number of hydrogen-bond acceptors (Lipinski definition) is 4. The number of halogens is 1. The van der Waals surface area contributed by atoms with Gasteiger partial charge in [0, 0.05) is 17.3 Å². The van der Waals surface area contributed by atoms with Gasteiger partial charge in [0.05, 0.1) is 6.61 Å². The Balaban J connectivity index is 2.17. The first-order valence-electron chi connectivity index (χ1n) is 5.45. The van der Waals surface area contributed by atoms with Gasteiger partial charge in [0.2, 0.25) is 0 Å². The highest BCUT2D eigenvalue weighted by Crippen LogP contribution is 2.12. The molecular weight excluding hydrogens is 242 g/mol. The van der Waals surface area contributed by atoms with Crippen molar-refractivity contribution >= 4 is 23.3 Å². The summed E-state index contributed by atoms with van der Waals surface area (Å²) in [6.45, 7) is 3.37. The number of anilines is 1. The summed E-state index contributed by atoms with van der Waals surface area (Å²) < 4.78 is 9.98. The highest BCUT2D eigenvalue weighted by molar-refractivity contribution is 6.30. The maximum atomic E-state index is 11.3. The van der Waals surface area contributed by atoms with E-state index in [0.29, 0.717) is 18.2 Å². The molecular formula is C12H16ClNO3. The van der Waals surface area contributed by atoms with Crippen molar-refractivity contribution in [2.24, 2.45) is 0 Å². The van der Waals surface area contributed by atoms with Crippen LogP contribution in [0.15, 0.2) is 24.3 Å². The molecule has 1 rings (SSSR count). The Morgan fingerprint density at radius 3 is 2.65 bits per heavy atom. The van der Waals surface area contributed by atoms with Crippen LogP contribution in [0.4, 0.5) is 5.69 Å². The SMILES string of the molecule is CCOCCOC(=O)CNc1ccc(Cl)cc1. The molecule has 0 aliphatic heterocycles. The molecule has 4 nitrogen and oxygen atoms in total. The van der Waals surface area contributed by atoms with Crippen LogP contribution in [-0.4, -0.2) is 32.3 Å². The predicted octanol–water partition coefficient (Wildman–Crippen LogP) is 2.33. The predicted molar refractivity (Wildman–Crippen MR) is 67.4 cm³/mol. The largest absolute Gasteiger partial charge is 0.462 e. The Kier molecular flexibility index (Phi) is 6.43.